The van der Waals surface area contributed by atoms with Crippen LogP contribution in [-0.4, -0.2) is 74.8 Å². The number of methoxy groups -OCH3 is 2. The number of carbonyl (C=O) groups is 4. The first-order chi connectivity index (χ1) is 13.3. The van der Waals surface area contributed by atoms with Gasteiger partial charge in [0.2, 0.25) is 0 Å². The van der Waals surface area contributed by atoms with Crippen LogP contribution in [0.3, 0.4) is 0 Å². The fraction of sp³-hybridized carbons (Fsp3) is 0.579. The quantitative estimate of drug-likeness (QED) is 0.317. The maximum Gasteiger partial charge on any atom is 0.331 e. The molecule has 0 radical (unpaired) electrons. The smallest absolute Gasteiger partial charge is 0.331 e. The monoisotopic (exact) mass is 397 g/mol. The third-order valence-electron chi connectivity index (χ3n) is 3.99. The van der Waals surface area contributed by atoms with Gasteiger partial charge < -0.3 is 18.9 Å². The van der Waals surface area contributed by atoms with Gasteiger partial charge in [0.15, 0.2) is 5.60 Å². The van der Waals surface area contributed by atoms with Gasteiger partial charge in [0.25, 0.3) is 0 Å². The molecule has 9 nitrogen and oxygen atoms in total. The number of nitrogens with zero attached hydrogens (tertiary/aromatic N) is 1. The number of hydrogen-bond acceptors (Lipinski definition) is 9. The Morgan fingerprint density at radius 1 is 0.821 bits per heavy atom. The molecule has 0 amide bonds. The van der Waals surface area contributed by atoms with Crippen LogP contribution < -0.4 is 0 Å². The molecule has 0 saturated carbocycles. The lowest BCUT2D eigenvalue weighted by molar-refractivity contribution is -0.167. The summed E-state index contributed by atoms with van der Waals surface area (Å²) < 4.78 is 19.4. The summed E-state index contributed by atoms with van der Waals surface area (Å²) in [6.07, 6.45) is 7.00. The maximum absolute atomic E-state index is 12.1. The van der Waals surface area contributed by atoms with E-state index in [-0.39, 0.29) is 6.61 Å². The highest BCUT2D eigenvalue weighted by atomic mass is 16.6. The molecule has 1 aliphatic rings. The van der Waals surface area contributed by atoms with Crippen molar-refractivity contribution >= 4 is 23.9 Å². The van der Waals surface area contributed by atoms with E-state index in [1.54, 1.807) is 6.92 Å². The van der Waals surface area contributed by atoms with E-state index in [1.165, 1.54) is 14.2 Å². The van der Waals surface area contributed by atoms with Crippen molar-refractivity contribution in [1.29, 1.82) is 0 Å². The Kier molecular flexibility index (Phi) is 9.94. The van der Waals surface area contributed by atoms with Crippen molar-refractivity contribution < 1.29 is 38.1 Å². The summed E-state index contributed by atoms with van der Waals surface area (Å²) >= 11 is 0. The van der Waals surface area contributed by atoms with Crippen LogP contribution in [0.25, 0.3) is 0 Å². The Balaban J connectivity index is 2.75. The average molecular weight is 397 g/mol. The normalized spacial score (nSPS) is 17.1. The van der Waals surface area contributed by atoms with Crippen LogP contribution in [-0.2, 0) is 38.1 Å². The van der Waals surface area contributed by atoms with Gasteiger partial charge in [-0.2, -0.15) is 0 Å². The molecule has 1 fully saturated rings. The van der Waals surface area contributed by atoms with E-state index in [0.29, 0.717) is 6.54 Å². The van der Waals surface area contributed by atoms with Crippen molar-refractivity contribution in [2.24, 2.45) is 0 Å². The summed E-state index contributed by atoms with van der Waals surface area (Å²) in [5.41, 5.74) is -1.14. The van der Waals surface area contributed by atoms with E-state index < -0.39 is 29.5 Å². The number of esters is 4. The van der Waals surface area contributed by atoms with Crippen molar-refractivity contribution in [3.63, 3.8) is 0 Å². The Bertz CT molecular complexity index is 621. The molecule has 1 atom stereocenters. The molecule has 1 unspecified atom stereocenters. The van der Waals surface area contributed by atoms with Gasteiger partial charge in [0, 0.05) is 30.8 Å². The Morgan fingerprint density at radius 2 is 1.32 bits per heavy atom. The van der Waals surface area contributed by atoms with Crippen LogP contribution in [0.2, 0.25) is 0 Å². The molecule has 1 heterocycles. The lowest BCUT2D eigenvalue weighted by Crippen LogP contribution is -2.49. The van der Waals surface area contributed by atoms with Crippen molar-refractivity contribution in [1.82, 2.24) is 4.90 Å². The minimum Gasteiger partial charge on any atom is -0.466 e. The first kappa shape index (κ1) is 23.4. The predicted molar refractivity (Wildman–Crippen MR) is 98.1 cm³/mol. The summed E-state index contributed by atoms with van der Waals surface area (Å²) in [5, 5.41) is 0. The van der Waals surface area contributed by atoms with E-state index in [2.05, 4.69) is 14.4 Å². The zero-order valence-corrected chi connectivity index (χ0v) is 16.5. The SMILES string of the molecule is COC(=O)/C=C/C(=O)OCC(C)(CN1CCCCC1)OC(=O)/C=C/C(=O)OC. The van der Waals surface area contributed by atoms with Crippen molar-refractivity contribution in [3.05, 3.63) is 24.3 Å². The number of hydrogen-bond donors (Lipinski definition) is 0. The Morgan fingerprint density at radius 3 is 1.86 bits per heavy atom. The van der Waals surface area contributed by atoms with E-state index in [0.717, 1.165) is 56.7 Å². The van der Waals surface area contributed by atoms with Gasteiger partial charge in [0.1, 0.15) is 6.61 Å². The van der Waals surface area contributed by atoms with Crippen LogP contribution >= 0.6 is 0 Å². The predicted octanol–water partition coefficient (Wildman–Crippen LogP) is 0.776. The largest absolute Gasteiger partial charge is 0.466 e. The van der Waals surface area contributed by atoms with Gasteiger partial charge in [-0.3, -0.25) is 4.90 Å². The van der Waals surface area contributed by atoms with Gasteiger partial charge in [-0.05, 0) is 32.9 Å². The summed E-state index contributed by atoms with van der Waals surface area (Å²) in [4.78, 5) is 48.2. The molecule has 1 rings (SSSR count). The van der Waals surface area contributed by atoms with Gasteiger partial charge in [-0.15, -0.1) is 0 Å². The van der Waals surface area contributed by atoms with Gasteiger partial charge in [0.05, 0.1) is 14.2 Å². The molecule has 28 heavy (non-hydrogen) atoms. The lowest BCUT2D eigenvalue weighted by Gasteiger charge is -2.36. The van der Waals surface area contributed by atoms with Crippen LogP contribution in [0, 0.1) is 0 Å². The molecular formula is C19H27NO8. The minimum atomic E-state index is -1.14. The van der Waals surface area contributed by atoms with Crippen molar-refractivity contribution in [3.8, 4) is 0 Å². The zero-order chi connectivity index (χ0) is 21.0. The summed E-state index contributed by atoms with van der Waals surface area (Å²) in [5.74, 6) is -2.90. The van der Waals surface area contributed by atoms with Crippen LogP contribution in [0.4, 0.5) is 0 Å². The van der Waals surface area contributed by atoms with E-state index in [1.807, 2.05) is 0 Å². The lowest BCUT2D eigenvalue weighted by atomic mass is 10.0. The molecular weight excluding hydrogens is 370 g/mol. The molecule has 0 aliphatic carbocycles. The molecule has 9 heteroatoms. The van der Waals surface area contributed by atoms with Crippen molar-refractivity contribution in [2.75, 3.05) is 40.5 Å². The fourth-order valence-electron chi connectivity index (χ4n) is 2.65. The topological polar surface area (TPSA) is 108 Å². The van der Waals surface area contributed by atoms with Crippen LogP contribution in [0.1, 0.15) is 26.2 Å². The second kappa shape index (κ2) is 11.9. The highest BCUT2D eigenvalue weighted by Gasteiger charge is 2.33. The average Bonchev–Trinajstić information content (AvgIpc) is 2.69. The van der Waals surface area contributed by atoms with Gasteiger partial charge in [-0.1, -0.05) is 6.42 Å². The molecule has 0 N–H and O–H groups in total. The summed E-state index contributed by atoms with van der Waals surface area (Å²) in [7, 11) is 2.38. The molecule has 0 spiro atoms. The zero-order valence-electron chi connectivity index (χ0n) is 16.5. The maximum atomic E-state index is 12.1. The number of carbonyl (C=O) groups excluding carboxylic acids is 4. The standard InChI is InChI=1S/C19H27NO8/c1-19(13-20-11-5-4-6-12-20,28-18(24)10-8-16(22)26-3)14-27-17(23)9-7-15(21)25-2/h7-10H,4-6,11-14H2,1-3H3/b9-7+,10-8+. The Labute approximate surface area is 164 Å². The van der Waals surface area contributed by atoms with Crippen molar-refractivity contribution in [2.45, 2.75) is 31.8 Å². The molecule has 0 bridgehead atoms. The number of ether oxygens (including phenoxy) is 4. The third-order valence-corrected chi connectivity index (χ3v) is 3.99. The number of piperidine rings is 1. The summed E-state index contributed by atoms with van der Waals surface area (Å²) in [6.45, 7) is 3.48. The van der Waals surface area contributed by atoms with Crippen LogP contribution in [0.15, 0.2) is 24.3 Å². The minimum absolute atomic E-state index is 0.217. The number of likely N-dealkylation sites (tertiary alicyclic amines) is 1. The first-order valence-corrected chi connectivity index (χ1v) is 8.92. The van der Waals surface area contributed by atoms with Crippen LogP contribution in [0.5, 0.6) is 0 Å². The molecule has 0 aromatic carbocycles. The molecule has 1 aliphatic heterocycles. The van der Waals surface area contributed by atoms with E-state index in [9.17, 15) is 19.2 Å². The molecule has 1 saturated heterocycles. The Hall–Kier alpha value is -2.68. The van der Waals surface area contributed by atoms with Gasteiger partial charge in [-0.25, -0.2) is 19.2 Å². The van der Waals surface area contributed by atoms with Gasteiger partial charge >= 0.3 is 23.9 Å². The fourth-order valence-corrected chi connectivity index (χ4v) is 2.65. The summed E-state index contributed by atoms with van der Waals surface area (Å²) in [6, 6.07) is 0. The van der Waals surface area contributed by atoms with E-state index in [4.69, 9.17) is 9.47 Å². The number of rotatable bonds is 9. The second-order valence-corrected chi connectivity index (χ2v) is 6.53. The molecule has 0 aromatic rings. The highest BCUT2D eigenvalue weighted by Crippen LogP contribution is 2.18. The third kappa shape index (κ3) is 9.31. The highest BCUT2D eigenvalue weighted by molar-refractivity contribution is 5.92. The second-order valence-electron chi connectivity index (χ2n) is 6.53. The molecule has 156 valence electrons. The van der Waals surface area contributed by atoms with E-state index >= 15 is 0 Å². The first-order valence-electron chi connectivity index (χ1n) is 8.92. The molecule has 0 aromatic heterocycles.